The average molecular weight is 258 g/mol. The molecule has 5 nitrogen and oxygen atoms in total. The highest BCUT2D eigenvalue weighted by Gasteiger charge is 2.24. The highest BCUT2D eigenvalue weighted by atomic mass is 16.4. The van der Waals surface area contributed by atoms with E-state index in [-0.39, 0.29) is 12.1 Å². The molecule has 0 radical (unpaired) electrons. The first kappa shape index (κ1) is 16.7. The van der Waals surface area contributed by atoms with Crippen LogP contribution in [-0.2, 0) is 4.79 Å². The lowest BCUT2D eigenvalue weighted by atomic mass is 10.1. The Hall–Kier alpha value is -1.26. The van der Waals surface area contributed by atoms with Gasteiger partial charge < -0.3 is 15.3 Å². The van der Waals surface area contributed by atoms with Crippen molar-refractivity contribution in [3.63, 3.8) is 0 Å². The lowest BCUT2D eigenvalue weighted by Crippen LogP contribution is -2.51. The van der Waals surface area contributed by atoms with Crippen LogP contribution in [0.25, 0.3) is 0 Å². The largest absolute Gasteiger partial charge is 0.480 e. The Balaban J connectivity index is 4.73. The minimum Gasteiger partial charge on any atom is -0.480 e. The molecule has 106 valence electrons. The number of rotatable bonds is 7. The number of carboxylic acid groups (broad SMARTS) is 1. The van der Waals surface area contributed by atoms with Gasteiger partial charge in [0.2, 0.25) is 0 Å². The zero-order valence-corrected chi connectivity index (χ0v) is 12.1. The molecule has 0 saturated carbocycles. The van der Waals surface area contributed by atoms with Gasteiger partial charge in [0.25, 0.3) is 0 Å². The van der Waals surface area contributed by atoms with Crippen LogP contribution >= 0.6 is 0 Å². The maximum absolute atomic E-state index is 12.1. The second-order valence-electron chi connectivity index (χ2n) is 5.03. The molecule has 0 rings (SSSR count). The minimum absolute atomic E-state index is 0.161. The molecule has 0 unspecified atom stereocenters. The van der Waals surface area contributed by atoms with Crippen molar-refractivity contribution in [2.75, 3.05) is 6.54 Å². The summed E-state index contributed by atoms with van der Waals surface area (Å²) in [5.74, 6) is -0.658. The maximum Gasteiger partial charge on any atom is 0.325 e. The maximum atomic E-state index is 12.1. The SMILES string of the molecule is CCC(CC)N(CC(C)C)C(=O)N[C@@H](C)C(=O)O. The Bertz CT molecular complexity index is 275. The molecule has 0 spiro atoms. The molecule has 18 heavy (non-hydrogen) atoms. The van der Waals surface area contributed by atoms with Gasteiger partial charge in [0.05, 0.1) is 0 Å². The molecule has 5 heteroatoms. The van der Waals surface area contributed by atoms with Gasteiger partial charge in [-0.3, -0.25) is 4.79 Å². The van der Waals surface area contributed by atoms with Gasteiger partial charge >= 0.3 is 12.0 Å². The number of amides is 2. The van der Waals surface area contributed by atoms with Gasteiger partial charge in [-0.05, 0) is 25.7 Å². The first-order valence-corrected chi connectivity index (χ1v) is 6.63. The van der Waals surface area contributed by atoms with Crippen LogP contribution in [0.4, 0.5) is 4.79 Å². The van der Waals surface area contributed by atoms with Gasteiger partial charge in [0.1, 0.15) is 6.04 Å². The van der Waals surface area contributed by atoms with Crippen molar-refractivity contribution in [3.05, 3.63) is 0 Å². The van der Waals surface area contributed by atoms with Crippen molar-refractivity contribution < 1.29 is 14.7 Å². The third-order valence-corrected chi connectivity index (χ3v) is 2.92. The fraction of sp³-hybridized carbons (Fsp3) is 0.846. The second-order valence-corrected chi connectivity index (χ2v) is 5.03. The quantitative estimate of drug-likeness (QED) is 0.736. The number of aliphatic carboxylic acids is 1. The van der Waals surface area contributed by atoms with Crippen molar-refractivity contribution in [3.8, 4) is 0 Å². The first-order valence-electron chi connectivity index (χ1n) is 6.63. The van der Waals surface area contributed by atoms with Gasteiger partial charge in [-0.25, -0.2) is 4.79 Å². The summed E-state index contributed by atoms with van der Waals surface area (Å²) < 4.78 is 0. The van der Waals surface area contributed by atoms with Gasteiger partial charge in [0, 0.05) is 12.6 Å². The molecule has 0 aliphatic rings. The fourth-order valence-electron chi connectivity index (χ4n) is 1.85. The molecule has 0 heterocycles. The predicted octanol–water partition coefficient (Wildman–Crippen LogP) is 2.32. The van der Waals surface area contributed by atoms with Crippen molar-refractivity contribution in [2.45, 2.75) is 59.5 Å². The van der Waals surface area contributed by atoms with E-state index in [0.29, 0.717) is 12.5 Å². The van der Waals surface area contributed by atoms with Gasteiger partial charge in [-0.2, -0.15) is 0 Å². The molecule has 0 fully saturated rings. The second kappa shape index (κ2) is 7.95. The van der Waals surface area contributed by atoms with E-state index in [2.05, 4.69) is 5.32 Å². The molecule has 0 aliphatic carbocycles. The lowest BCUT2D eigenvalue weighted by molar-refractivity contribution is -0.138. The average Bonchev–Trinajstić information content (AvgIpc) is 2.28. The van der Waals surface area contributed by atoms with Crippen molar-refractivity contribution in [2.24, 2.45) is 5.92 Å². The third kappa shape index (κ3) is 5.38. The van der Waals surface area contributed by atoms with E-state index in [4.69, 9.17) is 5.11 Å². The van der Waals surface area contributed by atoms with Crippen molar-refractivity contribution in [1.29, 1.82) is 0 Å². The van der Waals surface area contributed by atoms with Crippen LogP contribution in [0.5, 0.6) is 0 Å². The third-order valence-electron chi connectivity index (χ3n) is 2.92. The number of hydrogen-bond donors (Lipinski definition) is 2. The van der Waals surface area contributed by atoms with E-state index < -0.39 is 12.0 Å². The molecule has 2 N–H and O–H groups in total. The first-order chi connectivity index (χ1) is 8.33. The molecule has 1 atom stereocenters. The summed E-state index contributed by atoms with van der Waals surface area (Å²) in [6.45, 7) is 10.3. The Morgan fingerprint density at radius 1 is 1.17 bits per heavy atom. The summed E-state index contributed by atoms with van der Waals surface area (Å²) >= 11 is 0. The summed E-state index contributed by atoms with van der Waals surface area (Å²) in [4.78, 5) is 24.6. The minimum atomic E-state index is -1.02. The number of nitrogens with zero attached hydrogens (tertiary/aromatic N) is 1. The fourth-order valence-corrected chi connectivity index (χ4v) is 1.85. The Kier molecular flexibility index (Phi) is 7.39. The smallest absolute Gasteiger partial charge is 0.325 e. The standard InChI is InChI=1S/C13H26N2O3/c1-6-11(7-2)15(8-9(3)4)13(18)14-10(5)12(16)17/h9-11H,6-8H2,1-5H3,(H,14,18)(H,16,17)/t10-/m0/s1. The van der Waals surface area contributed by atoms with Gasteiger partial charge in [-0.1, -0.05) is 27.7 Å². The highest BCUT2D eigenvalue weighted by molar-refractivity contribution is 5.82. The topological polar surface area (TPSA) is 69.6 Å². The molecular formula is C13H26N2O3. The van der Waals surface area contributed by atoms with Crippen LogP contribution in [-0.4, -0.2) is 40.6 Å². The summed E-state index contributed by atoms with van der Waals surface area (Å²) in [7, 11) is 0. The summed E-state index contributed by atoms with van der Waals surface area (Å²) in [5.41, 5.74) is 0. The zero-order valence-electron chi connectivity index (χ0n) is 12.1. The molecule has 0 aromatic rings. The Labute approximate surface area is 110 Å². The van der Waals surface area contributed by atoms with E-state index >= 15 is 0 Å². The van der Waals surface area contributed by atoms with Gasteiger partial charge in [-0.15, -0.1) is 0 Å². The summed E-state index contributed by atoms with van der Waals surface area (Å²) in [6, 6.07) is -0.984. The summed E-state index contributed by atoms with van der Waals surface area (Å²) in [6.07, 6.45) is 1.75. The van der Waals surface area contributed by atoms with E-state index in [9.17, 15) is 9.59 Å². The summed E-state index contributed by atoms with van der Waals surface area (Å²) in [5, 5.41) is 11.3. The molecule has 0 aromatic heterocycles. The van der Waals surface area contributed by atoms with Crippen LogP contribution in [0, 0.1) is 5.92 Å². The lowest BCUT2D eigenvalue weighted by Gasteiger charge is -2.32. The molecule has 0 saturated heterocycles. The van der Waals surface area contributed by atoms with Crippen molar-refractivity contribution >= 4 is 12.0 Å². The molecular weight excluding hydrogens is 232 g/mol. The molecule has 0 aliphatic heterocycles. The van der Waals surface area contributed by atoms with Gasteiger partial charge in [0.15, 0.2) is 0 Å². The number of hydrogen-bond acceptors (Lipinski definition) is 2. The number of urea groups is 1. The monoisotopic (exact) mass is 258 g/mol. The van der Waals surface area contributed by atoms with Crippen LogP contribution in [0.15, 0.2) is 0 Å². The molecule has 0 bridgehead atoms. The number of carbonyl (C=O) groups excluding carboxylic acids is 1. The Morgan fingerprint density at radius 3 is 2.00 bits per heavy atom. The van der Waals surface area contributed by atoms with Crippen LogP contribution < -0.4 is 5.32 Å². The van der Waals surface area contributed by atoms with Crippen LogP contribution in [0.1, 0.15) is 47.5 Å². The van der Waals surface area contributed by atoms with E-state index in [1.165, 1.54) is 6.92 Å². The van der Waals surface area contributed by atoms with Crippen LogP contribution in [0.3, 0.4) is 0 Å². The number of nitrogens with one attached hydrogen (secondary N) is 1. The van der Waals surface area contributed by atoms with E-state index in [1.54, 1.807) is 4.90 Å². The Morgan fingerprint density at radius 2 is 1.67 bits per heavy atom. The molecule has 2 amide bonds. The predicted molar refractivity (Wildman–Crippen MR) is 71.5 cm³/mol. The van der Waals surface area contributed by atoms with Crippen molar-refractivity contribution in [1.82, 2.24) is 10.2 Å². The number of carboxylic acids is 1. The zero-order chi connectivity index (χ0) is 14.3. The van der Waals surface area contributed by atoms with E-state index in [0.717, 1.165) is 12.8 Å². The molecule has 0 aromatic carbocycles. The normalized spacial score (nSPS) is 12.6. The van der Waals surface area contributed by atoms with E-state index in [1.807, 2.05) is 27.7 Å². The number of carbonyl (C=O) groups is 2. The van der Waals surface area contributed by atoms with Crippen LogP contribution in [0.2, 0.25) is 0 Å². The highest BCUT2D eigenvalue weighted by Crippen LogP contribution is 2.12.